The van der Waals surface area contributed by atoms with E-state index in [0.29, 0.717) is 34.4 Å². The molecule has 0 unspecified atom stereocenters. The Labute approximate surface area is 207 Å². The van der Waals surface area contributed by atoms with Crippen LogP contribution in [0, 0.1) is 5.92 Å². The molecule has 1 fully saturated rings. The summed E-state index contributed by atoms with van der Waals surface area (Å²) in [6.45, 7) is 11.6. The summed E-state index contributed by atoms with van der Waals surface area (Å²) in [7, 11) is 0. The van der Waals surface area contributed by atoms with Crippen molar-refractivity contribution in [3.8, 4) is 0 Å². The maximum atomic E-state index is 13.2. The van der Waals surface area contributed by atoms with Crippen LogP contribution >= 0.6 is 11.6 Å². The van der Waals surface area contributed by atoms with Crippen molar-refractivity contribution >= 4 is 40.6 Å². The van der Waals surface area contributed by atoms with E-state index < -0.39 is 6.03 Å². The third-order valence-corrected chi connectivity index (χ3v) is 6.55. The number of hydrogen-bond acceptors (Lipinski definition) is 4. The molecule has 0 bridgehead atoms. The molecule has 0 aromatic heterocycles. The number of likely N-dealkylation sites (N-methyl/N-ethyl adjacent to an activating group) is 1. The molecule has 34 heavy (non-hydrogen) atoms. The molecule has 0 atom stereocenters. The van der Waals surface area contributed by atoms with Gasteiger partial charge in [-0.3, -0.25) is 4.79 Å². The van der Waals surface area contributed by atoms with E-state index in [2.05, 4.69) is 46.5 Å². The largest absolute Gasteiger partial charge is 0.371 e. The number of hydrogen-bond donors (Lipinski definition) is 3. The van der Waals surface area contributed by atoms with Gasteiger partial charge in [0.1, 0.15) is 0 Å². The van der Waals surface area contributed by atoms with Crippen LogP contribution in [0.15, 0.2) is 42.5 Å². The van der Waals surface area contributed by atoms with Gasteiger partial charge in [0.15, 0.2) is 0 Å². The third-order valence-electron chi connectivity index (χ3n) is 6.31. The van der Waals surface area contributed by atoms with Gasteiger partial charge in [0.25, 0.3) is 5.91 Å². The normalized spacial score (nSPS) is 14.2. The molecule has 7 nitrogen and oxygen atoms in total. The quantitative estimate of drug-likeness (QED) is 0.451. The van der Waals surface area contributed by atoms with Crippen LogP contribution in [0.2, 0.25) is 5.02 Å². The van der Waals surface area contributed by atoms with Crippen molar-refractivity contribution < 1.29 is 9.59 Å². The molecule has 1 saturated heterocycles. The van der Waals surface area contributed by atoms with Crippen molar-refractivity contribution in [1.29, 1.82) is 0 Å². The lowest BCUT2D eigenvalue weighted by Gasteiger charge is -2.33. The highest BCUT2D eigenvalue weighted by atomic mass is 35.5. The maximum Gasteiger partial charge on any atom is 0.323 e. The molecule has 3 N–H and O–H groups in total. The molecule has 2 aromatic carbocycles. The zero-order valence-electron chi connectivity index (χ0n) is 20.4. The summed E-state index contributed by atoms with van der Waals surface area (Å²) < 4.78 is 0. The minimum atomic E-state index is -0.394. The van der Waals surface area contributed by atoms with E-state index in [1.54, 1.807) is 30.3 Å². The van der Waals surface area contributed by atoms with Crippen molar-refractivity contribution in [2.45, 2.75) is 33.6 Å². The van der Waals surface area contributed by atoms with Gasteiger partial charge in [0.2, 0.25) is 0 Å². The Balaban J connectivity index is 1.74. The van der Waals surface area contributed by atoms with Gasteiger partial charge in [-0.05, 0) is 68.2 Å². The van der Waals surface area contributed by atoms with Gasteiger partial charge in [0.05, 0.1) is 5.56 Å². The zero-order chi connectivity index (χ0) is 24.5. The Kier molecular flexibility index (Phi) is 9.60. The number of nitrogens with one attached hydrogen (secondary N) is 3. The van der Waals surface area contributed by atoms with Gasteiger partial charge in [-0.1, -0.05) is 38.4 Å². The smallest absolute Gasteiger partial charge is 0.323 e. The third kappa shape index (κ3) is 7.37. The van der Waals surface area contributed by atoms with E-state index in [1.165, 1.54) is 0 Å². The highest BCUT2D eigenvalue weighted by molar-refractivity contribution is 6.30. The lowest BCUT2D eigenvalue weighted by Crippen LogP contribution is -2.37. The first-order valence-electron chi connectivity index (χ1n) is 12.1. The molecule has 0 radical (unpaired) electrons. The molecular weight excluding hydrogens is 450 g/mol. The molecule has 0 spiro atoms. The van der Waals surface area contributed by atoms with E-state index in [1.807, 2.05) is 12.1 Å². The fourth-order valence-electron chi connectivity index (χ4n) is 4.14. The summed E-state index contributed by atoms with van der Waals surface area (Å²) in [6, 6.07) is 12.1. The molecule has 1 aliphatic rings. The van der Waals surface area contributed by atoms with Crippen LogP contribution in [0.3, 0.4) is 0 Å². The topological polar surface area (TPSA) is 76.7 Å². The number of benzene rings is 2. The monoisotopic (exact) mass is 485 g/mol. The second-order valence-corrected chi connectivity index (χ2v) is 9.21. The number of anilines is 3. The standard InChI is InChI=1S/C26H36ClN5O2/c1-4-31(5-2)16-13-28-25(33)23-18-22(9-10-24(23)32-14-11-19(3)12-15-32)30-26(34)29-21-8-6-7-20(27)17-21/h6-10,17-19H,4-5,11-16H2,1-3H3,(H,28,33)(H2,29,30,34). The second-order valence-electron chi connectivity index (χ2n) is 8.77. The van der Waals surface area contributed by atoms with Gasteiger partial charge < -0.3 is 25.8 Å². The molecule has 3 amide bonds. The summed E-state index contributed by atoms with van der Waals surface area (Å²) in [5.74, 6) is 0.568. The molecule has 1 aliphatic heterocycles. The van der Waals surface area contributed by atoms with Gasteiger partial charge in [-0.15, -0.1) is 0 Å². The second kappa shape index (κ2) is 12.6. The van der Waals surface area contributed by atoms with Gasteiger partial charge in [0, 0.05) is 48.3 Å². The lowest BCUT2D eigenvalue weighted by atomic mass is 9.98. The summed E-state index contributed by atoms with van der Waals surface area (Å²) in [5, 5.41) is 9.21. The van der Waals surface area contributed by atoms with Gasteiger partial charge in [-0.2, -0.15) is 0 Å². The van der Waals surface area contributed by atoms with Crippen LogP contribution in [0.25, 0.3) is 0 Å². The Morgan fingerprint density at radius 2 is 1.71 bits per heavy atom. The maximum absolute atomic E-state index is 13.2. The highest BCUT2D eigenvalue weighted by Gasteiger charge is 2.22. The van der Waals surface area contributed by atoms with E-state index in [-0.39, 0.29) is 5.91 Å². The number of nitrogens with zero attached hydrogens (tertiary/aromatic N) is 2. The van der Waals surface area contributed by atoms with Gasteiger partial charge in [-0.25, -0.2) is 4.79 Å². The average Bonchev–Trinajstić information content (AvgIpc) is 2.82. The van der Waals surface area contributed by atoms with E-state index in [0.717, 1.165) is 51.3 Å². The molecule has 1 heterocycles. The predicted molar refractivity (Wildman–Crippen MR) is 141 cm³/mol. The Hall–Kier alpha value is -2.77. The number of amides is 3. The minimum absolute atomic E-state index is 0.125. The first-order valence-corrected chi connectivity index (χ1v) is 12.5. The summed E-state index contributed by atoms with van der Waals surface area (Å²) in [6.07, 6.45) is 2.20. The summed E-state index contributed by atoms with van der Waals surface area (Å²) >= 11 is 6.00. The fraction of sp³-hybridized carbons (Fsp3) is 0.462. The molecule has 3 rings (SSSR count). The van der Waals surface area contributed by atoms with Crippen molar-refractivity contribution in [1.82, 2.24) is 10.2 Å². The number of piperidine rings is 1. The summed E-state index contributed by atoms with van der Waals surface area (Å²) in [5.41, 5.74) is 2.64. The van der Waals surface area contributed by atoms with Crippen molar-refractivity contribution in [3.05, 3.63) is 53.1 Å². The van der Waals surface area contributed by atoms with Gasteiger partial charge >= 0.3 is 6.03 Å². The summed E-state index contributed by atoms with van der Waals surface area (Å²) in [4.78, 5) is 30.3. The fourth-order valence-corrected chi connectivity index (χ4v) is 4.33. The molecule has 0 saturated carbocycles. The van der Waals surface area contributed by atoms with Crippen LogP contribution in [0.1, 0.15) is 44.0 Å². The zero-order valence-corrected chi connectivity index (χ0v) is 21.1. The first kappa shape index (κ1) is 25.8. The van der Waals surface area contributed by atoms with Crippen LogP contribution in [0.5, 0.6) is 0 Å². The molecule has 184 valence electrons. The van der Waals surface area contributed by atoms with E-state index >= 15 is 0 Å². The Bertz CT molecular complexity index is 971. The molecule has 2 aromatic rings. The van der Waals surface area contributed by atoms with E-state index in [9.17, 15) is 9.59 Å². The van der Waals surface area contributed by atoms with Crippen molar-refractivity contribution in [2.75, 3.05) is 54.8 Å². The SMILES string of the molecule is CCN(CC)CCNC(=O)c1cc(NC(=O)Nc2cccc(Cl)c2)ccc1N1CCC(C)CC1. The number of rotatable bonds is 9. The number of urea groups is 1. The first-order chi connectivity index (χ1) is 16.4. The molecule has 8 heteroatoms. The Morgan fingerprint density at radius 3 is 2.35 bits per heavy atom. The van der Waals surface area contributed by atoms with Crippen LogP contribution < -0.4 is 20.9 Å². The van der Waals surface area contributed by atoms with Crippen LogP contribution in [0.4, 0.5) is 21.9 Å². The van der Waals surface area contributed by atoms with Crippen LogP contribution in [-0.2, 0) is 0 Å². The highest BCUT2D eigenvalue weighted by Crippen LogP contribution is 2.29. The lowest BCUT2D eigenvalue weighted by molar-refractivity contribution is 0.0949. The van der Waals surface area contributed by atoms with E-state index in [4.69, 9.17) is 11.6 Å². The van der Waals surface area contributed by atoms with Crippen molar-refractivity contribution in [3.63, 3.8) is 0 Å². The number of carbonyl (C=O) groups excluding carboxylic acids is 2. The Morgan fingerprint density at radius 1 is 1.03 bits per heavy atom. The predicted octanol–water partition coefficient (Wildman–Crippen LogP) is 5.29. The average molecular weight is 486 g/mol. The van der Waals surface area contributed by atoms with Crippen molar-refractivity contribution in [2.24, 2.45) is 5.92 Å². The molecule has 0 aliphatic carbocycles. The minimum Gasteiger partial charge on any atom is -0.371 e. The number of halogens is 1. The molecular formula is C26H36ClN5O2. The number of carbonyl (C=O) groups is 2. The van der Waals surface area contributed by atoms with Crippen LogP contribution in [-0.4, -0.2) is 56.1 Å².